The van der Waals surface area contributed by atoms with Gasteiger partial charge in [-0.1, -0.05) is 178 Å². The molecule has 0 aromatic heterocycles. The first-order chi connectivity index (χ1) is 27.3. The van der Waals surface area contributed by atoms with E-state index < -0.39 is 26.5 Å². The number of carbonyl (C=O) groups excluding carboxylic acids is 2. The minimum absolute atomic E-state index is 0.233. The summed E-state index contributed by atoms with van der Waals surface area (Å²) in [7, 11) is -3.21. The first-order valence-electron chi connectivity index (χ1n) is 22.8. The van der Waals surface area contributed by atoms with Gasteiger partial charge < -0.3 is 14.4 Å². The van der Waals surface area contributed by atoms with Gasteiger partial charge in [0.25, 0.3) is 0 Å². The summed E-state index contributed by atoms with van der Waals surface area (Å²) in [6.45, 7) is 3.83. The topological polar surface area (TPSA) is 108 Å². The van der Waals surface area contributed by atoms with Crippen LogP contribution in [0.1, 0.15) is 213 Å². The average molecular weight is 809 g/mol. The molecule has 0 radical (unpaired) electrons. The Morgan fingerprint density at radius 1 is 0.500 bits per heavy atom. The lowest BCUT2D eigenvalue weighted by atomic mass is 10.0. The third-order valence-electron chi connectivity index (χ3n) is 9.80. The van der Waals surface area contributed by atoms with Crippen molar-refractivity contribution in [3.63, 3.8) is 0 Å². The van der Waals surface area contributed by atoms with Crippen LogP contribution in [0.5, 0.6) is 0 Å². The lowest BCUT2D eigenvalue weighted by molar-refractivity contribution is -0.161. The summed E-state index contributed by atoms with van der Waals surface area (Å²) in [4.78, 5) is 34.5. The van der Waals surface area contributed by atoms with Crippen molar-refractivity contribution in [2.24, 2.45) is 0 Å². The van der Waals surface area contributed by atoms with Crippen LogP contribution in [0.4, 0.5) is 0 Å². The van der Waals surface area contributed by atoms with E-state index in [9.17, 15) is 19.0 Å². The monoisotopic (exact) mass is 809 g/mol. The number of hydrogen-bond acceptors (Lipinski definition) is 7. The number of ether oxygens (including phenoxy) is 2. The number of rotatable bonds is 42. The van der Waals surface area contributed by atoms with Crippen molar-refractivity contribution in [1.29, 1.82) is 0 Å². The number of allylic oxidation sites excluding steroid dienone is 8. The van der Waals surface area contributed by atoms with Crippen LogP contribution in [0.2, 0.25) is 0 Å². The molecular weight excluding hydrogens is 723 g/mol. The number of phosphoric ester groups is 1. The smallest absolute Gasteiger partial charge is 0.462 e. The van der Waals surface area contributed by atoms with E-state index in [1.807, 2.05) is 0 Å². The fourth-order valence-electron chi connectivity index (χ4n) is 6.23. The predicted molar refractivity (Wildman–Crippen MR) is 235 cm³/mol. The molecule has 0 aliphatic rings. The standard InChI is InChI=1S/C47H85O8P/c1-4-6-8-10-12-14-16-18-20-21-22-23-24-25-26-27-28-30-32-34-36-38-40-42-47(49)55-45(44-54-56(50,51)52-3)43-53-46(48)41-39-37-35-33-31-29-19-17-15-13-11-9-7-5-2/h11,13,16-19,21-22,45H,4-10,12,14-15,20,23-44H2,1-3H3,(H,50,51)/b13-11-,18-16-,19-17-,22-21-. The van der Waals surface area contributed by atoms with Gasteiger partial charge in [0.2, 0.25) is 0 Å². The second kappa shape index (κ2) is 42.6. The quantitative estimate of drug-likeness (QED) is 0.0281. The molecule has 0 aliphatic carbocycles. The van der Waals surface area contributed by atoms with Crippen LogP contribution in [-0.4, -0.2) is 43.3 Å². The molecule has 0 saturated heterocycles. The summed E-state index contributed by atoms with van der Waals surface area (Å²) < 4.78 is 32.0. The van der Waals surface area contributed by atoms with Crippen LogP contribution in [0, 0.1) is 0 Å². The molecule has 9 heteroatoms. The molecule has 0 heterocycles. The molecular formula is C47H85O8P. The number of carbonyl (C=O) groups is 2. The zero-order valence-corrected chi connectivity index (χ0v) is 37.2. The fourth-order valence-corrected chi connectivity index (χ4v) is 6.69. The van der Waals surface area contributed by atoms with E-state index in [2.05, 4.69) is 67.0 Å². The highest BCUT2D eigenvalue weighted by atomic mass is 31.2. The molecule has 0 aromatic rings. The number of esters is 2. The number of phosphoric acid groups is 1. The van der Waals surface area contributed by atoms with E-state index in [1.54, 1.807) is 0 Å². The molecule has 2 atom stereocenters. The van der Waals surface area contributed by atoms with E-state index in [0.717, 1.165) is 77.7 Å². The second-order valence-corrected chi connectivity index (χ2v) is 16.7. The predicted octanol–water partition coefficient (Wildman–Crippen LogP) is 14.6. The maximum Gasteiger partial charge on any atom is 0.472 e. The van der Waals surface area contributed by atoms with Crippen LogP contribution in [-0.2, 0) is 32.7 Å². The Labute approximate surface area is 344 Å². The lowest BCUT2D eigenvalue weighted by Crippen LogP contribution is -2.29. The van der Waals surface area contributed by atoms with Crippen LogP contribution in [0.15, 0.2) is 48.6 Å². The summed E-state index contributed by atoms with van der Waals surface area (Å²) in [5.41, 5.74) is 0. The van der Waals surface area contributed by atoms with Crippen molar-refractivity contribution in [1.82, 2.24) is 0 Å². The third-order valence-corrected chi connectivity index (χ3v) is 10.7. The van der Waals surface area contributed by atoms with Gasteiger partial charge in [0.15, 0.2) is 6.10 Å². The minimum Gasteiger partial charge on any atom is -0.462 e. The maximum atomic E-state index is 12.5. The van der Waals surface area contributed by atoms with Gasteiger partial charge in [-0.3, -0.25) is 18.6 Å². The normalized spacial score (nSPS) is 13.7. The zero-order chi connectivity index (χ0) is 41.1. The number of unbranched alkanes of at least 4 members (excludes halogenated alkanes) is 23. The van der Waals surface area contributed by atoms with Crippen molar-refractivity contribution in [3.8, 4) is 0 Å². The van der Waals surface area contributed by atoms with Gasteiger partial charge >= 0.3 is 19.8 Å². The van der Waals surface area contributed by atoms with E-state index in [0.29, 0.717) is 6.42 Å². The van der Waals surface area contributed by atoms with Crippen LogP contribution in [0.3, 0.4) is 0 Å². The summed E-state index contributed by atoms with van der Waals surface area (Å²) in [6.07, 6.45) is 51.6. The molecule has 326 valence electrons. The molecule has 0 saturated carbocycles. The molecule has 2 unspecified atom stereocenters. The summed E-state index contributed by atoms with van der Waals surface area (Å²) >= 11 is 0. The fraction of sp³-hybridized carbons (Fsp3) is 0.787. The summed E-state index contributed by atoms with van der Waals surface area (Å²) in [6, 6.07) is 0. The van der Waals surface area contributed by atoms with Gasteiger partial charge in [-0.25, -0.2) is 4.57 Å². The first kappa shape index (κ1) is 54.0. The molecule has 0 aliphatic heterocycles. The van der Waals surface area contributed by atoms with Crippen LogP contribution in [0.25, 0.3) is 0 Å². The van der Waals surface area contributed by atoms with Crippen molar-refractivity contribution in [3.05, 3.63) is 48.6 Å². The highest BCUT2D eigenvalue weighted by molar-refractivity contribution is 7.47. The lowest BCUT2D eigenvalue weighted by Gasteiger charge is -2.19. The number of hydrogen-bond donors (Lipinski definition) is 1. The molecule has 56 heavy (non-hydrogen) atoms. The highest BCUT2D eigenvalue weighted by Crippen LogP contribution is 2.42. The van der Waals surface area contributed by atoms with Gasteiger partial charge in [-0.05, 0) is 70.6 Å². The molecule has 0 rings (SSSR count). The Kier molecular flexibility index (Phi) is 41.1. The van der Waals surface area contributed by atoms with E-state index in [1.165, 1.54) is 109 Å². The largest absolute Gasteiger partial charge is 0.472 e. The molecule has 0 spiro atoms. The Bertz CT molecular complexity index is 1050. The Morgan fingerprint density at radius 2 is 0.875 bits per heavy atom. The molecule has 0 amide bonds. The van der Waals surface area contributed by atoms with Crippen LogP contribution >= 0.6 is 7.82 Å². The molecule has 0 bridgehead atoms. The second-order valence-electron chi connectivity index (χ2n) is 15.2. The zero-order valence-electron chi connectivity index (χ0n) is 36.3. The van der Waals surface area contributed by atoms with E-state index >= 15 is 0 Å². The van der Waals surface area contributed by atoms with Gasteiger partial charge in [0.1, 0.15) is 6.61 Å². The Morgan fingerprint density at radius 3 is 1.30 bits per heavy atom. The minimum atomic E-state index is -4.27. The van der Waals surface area contributed by atoms with E-state index in [-0.39, 0.29) is 25.4 Å². The Hall–Kier alpha value is -1.99. The maximum absolute atomic E-state index is 12.5. The van der Waals surface area contributed by atoms with Gasteiger partial charge in [-0.2, -0.15) is 0 Å². The molecule has 8 nitrogen and oxygen atoms in total. The Balaban J connectivity index is 3.95. The van der Waals surface area contributed by atoms with Crippen molar-refractivity contribution < 1.29 is 37.6 Å². The SMILES string of the molecule is CCCC/C=C\C/C=C\CCCCCCCC(=O)OCC(COP(=O)(O)OC)OC(=O)CCCCCCCCCCCCC/C=C\C/C=C\CCCCCCC. The average Bonchev–Trinajstić information content (AvgIpc) is 3.19. The highest BCUT2D eigenvalue weighted by Gasteiger charge is 2.24. The van der Waals surface area contributed by atoms with Crippen molar-refractivity contribution in [2.45, 2.75) is 219 Å². The van der Waals surface area contributed by atoms with Crippen LogP contribution < -0.4 is 0 Å². The summed E-state index contributed by atoms with van der Waals surface area (Å²) in [5.74, 6) is -0.820. The summed E-state index contributed by atoms with van der Waals surface area (Å²) in [5, 5.41) is 0. The first-order valence-corrected chi connectivity index (χ1v) is 24.3. The third kappa shape index (κ3) is 41.6. The van der Waals surface area contributed by atoms with Gasteiger partial charge in [-0.15, -0.1) is 0 Å². The van der Waals surface area contributed by atoms with Crippen molar-refractivity contribution >= 4 is 19.8 Å². The van der Waals surface area contributed by atoms with E-state index in [4.69, 9.17) is 14.0 Å². The van der Waals surface area contributed by atoms with Gasteiger partial charge in [0.05, 0.1) is 6.61 Å². The van der Waals surface area contributed by atoms with Crippen molar-refractivity contribution in [2.75, 3.05) is 20.3 Å². The van der Waals surface area contributed by atoms with Gasteiger partial charge in [0, 0.05) is 20.0 Å². The molecule has 0 fully saturated rings. The molecule has 0 aromatic carbocycles. The molecule has 1 N–H and O–H groups in total.